The molecule has 1 aliphatic rings. The van der Waals surface area contributed by atoms with E-state index in [9.17, 15) is 28.5 Å². The van der Waals surface area contributed by atoms with Crippen molar-refractivity contribution < 1.29 is 27.7 Å². The van der Waals surface area contributed by atoms with Gasteiger partial charge in [-0.25, -0.2) is 8.78 Å². The van der Waals surface area contributed by atoms with Gasteiger partial charge in [-0.15, -0.1) is 0 Å². The predicted octanol–water partition coefficient (Wildman–Crippen LogP) is 2.18. The number of likely N-dealkylation sites (tertiary alicyclic amines) is 1. The van der Waals surface area contributed by atoms with Gasteiger partial charge >= 0.3 is 5.88 Å². The van der Waals surface area contributed by atoms with E-state index in [4.69, 9.17) is 4.42 Å². The predicted molar refractivity (Wildman–Crippen MR) is 79.7 cm³/mol. The van der Waals surface area contributed by atoms with Gasteiger partial charge in [-0.1, -0.05) is 0 Å². The van der Waals surface area contributed by atoms with Crippen molar-refractivity contribution in [1.29, 1.82) is 0 Å². The van der Waals surface area contributed by atoms with Crippen molar-refractivity contribution >= 4 is 23.4 Å². The number of furan rings is 1. The molecule has 1 saturated heterocycles. The van der Waals surface area contributed by atoms with Crippen molar-refractivity contribution in [3.8, 4) is 0 Å². The highest BCUT2D eigenvalue weighted by Crippen LogP contribution is 2.24. The number of carbonyl (C=O) groups is 2. The van der Waals surface area contributed by atoms with E-state index >= 15 is 0 Å². The molecule has 0 unspecified atom stereocenters. The number of hydrogen-bond acceptors (Lipinski definition) is 5. The van der Waals surface area contributed by atoms with Crippen molar-refractivity contribution in [2.75, 3.05) is 18.4 Å². The molecule has 0 atom stereocenters. The molecule has 0 saturated carbocycles. The van der Waals surface area contributed by atoms with Gasteiger partial charge in [-0.3, -0.25) is 19.7 Å². The molecule has 0 aliphatic carbocycles. The summed E-state index contributed by atoms with van der Waals surface area (Å²) in [7, 11) is 0. The molecule has 2 heterocycles. The summed E-state index contributed by atoms with van der Waals surface area (Å²) in [6.07, 6.45) is 0. The van der Waals surface area contributed by atoms with Crippen molar-refractivity contribution in [2.45, 2.75) is 0 Å². The first-order chi connectivity index (χ1) is 11.8. The lowest BCUT2D eigenvalue weighted by molar-refractivity contribution is -0.402. The molecule has 1 aromatic heterocycles. The lowest BCUT2D eigenvalue weighted by Crippen LogP contribution is -2.54. The maximum absolute atomic E-state index is 13.5. The lowest BCUT2D eigenvalue weighted by atomic mass is 9.98. The van der Waals surface area contributed by atoms with E-state index in [-0.39, 0.29) is 24.5 Å². The third kappa shape index (κ3) is 3.32. The average molecular weight is 351 g/mol. The fourth-order valence-electron chi connectivity index (χ4n) is 2.33. The van der Waals surface area contributed by atoms with Crippen LogP contribution in [-0.2, 0) is 4.79 Å². The Morgan fingerprint density at radius 1 is 1.24 bits per heavy atom. The molecule has 1 fully saturated rings. The number of rotatable bonds is 4. The van der Waals surface area contributed by atoms with Crippen molar-refractivity contribution in [3.05, 3.63) is 57.8 Å². The Balaban J connectivity index is 1.58. The largest absolute Gasteiger partial charge is 0.433 e. The highest BCUT2D eigenvalue weighted by Gasteiger charge is 2.37. The van der Waals surface area contributed by atoms with Crippen LogP contribution in [0.4, 0.5) is 20.4 Å². The van der Waals surface area contributed by atoms with Crippen LogP contribution in [0.15, 0.2) is 34.7 Å². The monoisotopic (exact) mass is 351 g/mol. The van der Waals surface area contributed by atoms with Crippen molar-refractivity contribution in [1.82, 2.24) is 4.90 Å². The smallest absolute Gasteiger partial charge is 0.395 e. The van der Waals surface area contributed by atoms with Crippen LogP contribution >= 0.6 is 0 Å². The number of hydrogen-bond donors (Lipinski definition) is 1. The van der Waals surface area contributed by atoms with Gasteiger partial charge < -0.3 is 14.6 Å². The molecule has 1 N–H and O–H groups in total. The molecule has 0 radical (unpaired) electrons. The molecule has 25 heavy (non-hydrogen) atoms. The zero-order valence-electron chi connectivity index (χ0n) is 12.6. The molecule has 0 spiro atoms. The number of carbonyl (C=O) groups excluding carboxylic acids is 2. The first kappa shape index (κ1) is 16.6. The summed E-state index contributed by atoms with van der Waals surface area (Å²) in [5.41, 5.74) is -0.281. The molecule has 130 valence electrons. The van der Waals surface area contributed by atoms with Gasteiger partial charge in [0.1, 0.15) is 16.6 Å². The van der Waals surface area contributed by atoms with Crippen LogP contribution in [0.1, 0.15) is 10.6 Å². The van der Waals surface area contributed by atoms with Crippen LogP contribution in [0.25, 0.3) is 0 Å². The fourth-order valence-corrected chi connectivity index (χ4v) is 2.33. The highest BCUT2D eigenvalue weighted by atomic mass is 19.1. The SMILES string of the molecule is O=C(Nc1cc(F)ccc1F)C1CN(C(=O)c2ccc([N+](=O)[O-])o2)C1. The van der Waals surface area contributed by atoms with Gasteiger partial charge in [-0.05, 0) is 18.2 Å². The van der Waals surface area contributed by atoms with Gasteiger partial charge in [0.25, 0.3) is 5.91 Å². The van der Waals surface area contributed by atoms with Crippen LogP contribution in [0, 0.1) is 27.7 Å². The van der Waals surface area contributed by atoms with Crippen molar-refractivity contribution in [2.24, 2.45) is 5.92 Å². The van der Waals surface area contributed by atoms with E-state index in [2.05, 4.69) is 5.32 Å². The molecule has 3 rings (SSSR count). The third-order valence-electron chi connectivity index (χ3n) is 3.71. The molecule has 2 aromatic rings. The zero-order valence-corrected chi connectivity index (χ0v) is 12.6. The Morgan fingerprint density at radius 3 is 2.60 bits per heavy atom. The number of nitrogens with zero attached hydrogens (tertiary/aromatic N) is 2. The van der Waals surface area contributed by atoms with Crippen LogP contribution in [-0.4, -0.2) is 34.7 Å². The van der Waals surface area contributed by atoms with Gasteiger partial charge in [0.2, 0.25) is 5.91 Å². The number of nitrogens with one attached hydrogen (secondary N) is 1. The van der Waals surface area contributed by atoms with Crippen LogP contribution in [0.2, 0.25) is 0 Å². The molecule has 1 aromatic carbocycles. The van der Waals surface area contributed by atoms with E-state index in [1.165, 1.54) is 11.0 Å². The molecule has 1 aliphatic heterocycles. The Morgan fingerprint density at radius 2 is 1.96 bits per heavy atom. The number of amides is 2. The van der Waals surface area contributed by atoms with E-state index < -0.39 is 40.2 Å². The Bertz CT molecular complexity index is 861. The summed E-state index contributed by atoms with van der Waals surface area (Å²) >= 11 is 0. The van der Waals surface area contributed by atoms with Crippen molar-refractivity contribution in [3.63, 3.8) is 0 Å². The molecular formula is C15H11F2N3O5. The Kier molecular flexibility index (Phi) is 4.17. The fraction of sp³-hybridized carbons (Fsp3) is 0.200. The normalized spacial score (nSPS) is 14.1. The molecule has 0 bridgehead atoms. The Hall–Kier alpha value is -3.30. The molecule has 10 heteroatoms. The minimum atomic E-state index is -0.773. The van der Waals surface area contributed by atoms with Gasteiger partial charge in [0, 0.05) is 19.2 Å². The van der Waals surface area contributed by atoms with Gasteiger partial charge in [0.15, 0.2) is 5.76 Å². The molecule has 2 amide bonds. The summed E-state index contributed by atoms with van der Waals surface area (Å²) in [4.78, 5) is 35.1. The number of anilines is 1. The maximum Gasteiger partial charge on any atom is 0.433 e. The minimum Gasteiger partial charge on any atom is -0.395 e. The minimum absolute atomic E-state index is 0.0378. The summed E-state index contributed by atoms with van der Waals surface area (Å²) < 4.78 is 31.4. The van der Waals surface area contributed by atoms with Gasteiger partial charge in [0.05, 0.1) is 17.7 Å². The first-order valence-electron chi connectivity index (χ1n) is 7.14. The Labute approximate surface area is 139 Å². The zero-order chi connectivity index (χ0) is 18.1. The summed E-state index contributed by atoms with van der Waals surface area (Å²) in [5.74, 6) is -3.97. The number of benzene rings is 1. The topological polar surface area (TPSA) is 106 Å². The van der Waals surface area contributed by atoms with Crippen LogP contribution in [0.5, 0.6) is 0 Å². The summed E-state index contributed by atoms with van der Waals surface area (Å²) in [6, 6.07) is 4.92. The summed E-state index contributed by atoms with van der Waals surface area (Å²) in [5, 5.41) is 12.8. The number of halogens is 2. The van der Waals surface area contributed by atoms with E-state index in [1.54, 1.807) is 0 Å². The second-order valence-electron chi connectivity index (χ2n) is 5.42. The van der Waals surface area contributed by atoms with E-state index in [0.717, 1.165) is 24.3 Å². The maximum atomic E-state index is 13.5. The van der Waals surface area contributed by atoms with E-state index in [1.807, 2.05) is 0 Å². The van der Waals surface area contributed by atoms with Crippen LogP contribution < -0.4 is 5.32 Å². The van der Waals surface area contributed by atoms with Crippen LogP contribution in [0.3, 0.4) is 0 Å². The first-order valence-corrected chi connectivity index (χ1v) is 7.14. The standard InChI is InChI=1S/C15H11F2N3O5/c16-9-1-2-10(17)11(5-9)18-14(21)8-6-19(7-8)15(22)12-3-4-13(25-12)20(23)24/h1-5,8H,6-7H2,(H,18,21). The molecule has 8 nitrogen and oxygen atoms in total. The van der Waals surface area contributed by atoms with E-state index in [0.29, 0.717) is 0 Å². The second-order valence-corrected chi connectivity index (χ2v) is 5.42. The third-order valence-corrected chi connectivity index (χ3v) is 3.71. The van der Waals surface area contributed by atoms with Gasteiger partial charge in [-0.2, -0.15) is 0 Å². The second kappa shape index (κ2) is 6.30. The molecular weight excluding hydrogens is 340 g/mol. The highest BCUT2D eigenvalue weighted by molar-refractivity contribution is 5.97. The number of nitro groups is 1. The average Bonchev–Trinajstić information content (AvgIpc) is 2.99. The lowest BCUT2D eigenvalue weighted by Gasteiger charge is -2.37. The quantitative estimate of drug-likeness (QED) is 0.671. The summed E-state index contributed by atoms with van der Waals surface area (Å²) in [6.45, 7) is 0.0756.